The third kappa shape index (κ3) is 3.04. The molecule has 3 nitrogen and oxygen atoms in total. The van der Waals surface area contributed by atoms with Crippen LogP contribution in [0.4, 0.5) is 14.5 Å². The van der Waals surface area contributed by atoms with Gasteiger partial charge in [0.25, 0.3) is 0 Å². The molecule has 0 atom stereocenters. The summed E-state index contributed by atoms with van der Waals surface area (Å²) < 4.78 is 31.1. The molecule has 0 aliphatic carbocycles. The number of hydrogen-bond donors (Lipinski definition) is 1. The summed E-state index contributed by atoms with van der Waals surface area (Å²) in [6, 6.07) is 6.16. The number of carbonyl (C=O) groups excluding carboxylic acids is 1. The fourth-order valence-corrected chi connectivity index (χ4v) is 1.31. The summed E-state index contributed by atoms with van der Waals surface area (Å²) in [7, 11) is 0. The summed E-state index contributed by atoms with van der Waals surface area (Å²) in [5.41, 5.74) is -0.205. The van der Waals surface area contributed by atoms with Crippen LogP contribution in [-0.4, -0.2) is 5.91 Å². The Bertz CT molecular complexity index is 577. The van der Waals surface area contributed by atoms with Gasteiger partial charge in [-0.1, -0.05) is 0 Å². The molecule has 1 amide bonds. The molecule has 0 spiro atoms. The second kappa shape index (κ2) is 5.27. The van der Waals surface area contributed by atoms with Gasteiger partial charge in [0.1, 0.15) is 17.4 Å². The largest absolute Gasteiger partial charge is 0.465 e. The molecule has 0 unspecified atom stereocenters. The molecule has 1 heterocycles. The van der Waals surface area contributed by atoms with Gasteiger partial charge in [-0.3, -0.25) is 4.79 Å². The van der Waals surface area contributed by atoms with Crippen molar-refractivity contribution >= 4 is 17.7 Å². The Kier molecular flexibility index (Phi) is 3.52. The van der Waals surface area contributed by atoms with Crippen molar-refractivity contribution in [2.24, 2.45) is 0 Å². The molecule has 0 aliphatic rings. The van der Waals surface area contributed by atoms with Crippen molar-refractivity contribution in [1.82, 2.24) is 0 Å². The zero-order chi connectivity index (χ0) is 13.0. The zero-order valence-corrected chi connectivity index (χ0v) is 9.19. The number of rotatable bonds is 3. The van der Waals surface area contributed by atoms with E-state index < -0.39 is 17.5 Å². The quantitative estimate of drug-likeness (QED) is 0.849. The molecular weight excluding hydrogens is 240 g/mol. The number of furan rings is 1. The van der Waals surface area contributed by atoms with Crippen LogP contribution < -0.4 is 5.32 Å². The molecule has 5 heteroatoms. The Hall–Kier alpha value is -2.43. The molecule has 0 saturated heterocycles. The van der Waals surface area contributed by atoms with Crippen LogP contribution in [0.3, 0.4) is 0 Å². The minimum absolute atomic E-state index is 0.205. The Morgan fingerprint density at radius 1 is 1.28 bits per heavy atom. The Morgan fingerprint density at radius 3 is 2.83 bits per heavy atom. The lowest BCUT2D eigenvalue weighted by Gasteiger charge is -2.03. The number of nitrogens with one attached hydrogen (secondary N) is 1. The lowest BCUT2D eigenvalue weighted by atomic mass is 10.3. The third-order valence-electron chi connectivity index (χ3n) is 2.13. The van der Waals surface area contributed by atoms with E-state index in [1.807, 2.05) is 0 Å². The molecule has 1 aromatic carbocycles. The molecule has 0 saturated carbocycles. The van der Waals surface area contributed by atoms with Gasteiger partial charge in [0.2, 0.25) is 5.91 Å². The molecule has 1 N–H and O–H groups in total. The predicted molar refractivity (Wildman–Crippen MR) is 62.7 cm³/mol. The van der Waals surface area contributed by atoms with Crippen LogP contribution in [0, 0.1) is 11.6 Å². The fraction of sp³-hybridized carbons (Fsp3) is 0. The van der Waals surface area contributed by atoms with E-state index in [1.165, 1.54) is 18.4 Å². The van der Waals surface area contributed by atoms with E-state index in [0.29, 0.717) is 5.76 Å². The average molecular weight is 249 g/mol. The standard InChI is InChI=1S/C13H9F2NO2/c14-9-3-5-11(15)12(8-9)16-13(17)6-4-10-2-1-7-18-10/h1-8H,(H,16,17)/b6-4+. The highest BCUT2D eigenvalue weighted by Crippen LogP contribution is 2.15. The highest BCUT2D eigenvalue weighted by molar-refractivity contribution is 6.01. The van der Waals surface area contributed by atoms with Gasteiger partial charge in [0.15, 0.2) is 0 Å². The lowest BCUT2D eigenvalue weighted by molar-refractivity contribution is -0.111. The number of anilines is 1. The smallest absolute Gasteiger partial charge is 0.248 e. The average Bonchev–Trinajstić information content (AvgIpc) is 2.84. The third-order valence-corrected chi connectivity index (χ3v) is 2.13. The number of halogens is 2. The van der Waals surface area contributed by atoms with Gasteiger partial charge in [-0.25, -0.2) is 8.78 Å². The molecule has 0 aliphatic heterocycles. The first-order chi connectivity index (χ1) is 8.65. The molecule has 92 valence electrons. The second-order valence-corrected chi connectivity index (χ2v) is 3.46. The van der Waals surface area contributed by atoms with Gasteiger partial charge in [0, 0.05) is 12.1 Å². The maximum Gasteiger partial charge on any atom is 0.248 e. The molecular formula is C13H9F2NO2. The number of carbonyl (C=O) groups is 1. The van der Waals surface area contributed by atoms with E-state index in [4.69, 9.17) is 4.42 Å². The predicted octanol–water partition coefficient (Wildman–Crippen LogP) is 3.21. The topological polar surface area (TPSA) is 42.2 Å². The van der Waals surface area contributed by atoms with E-state index in [9.17, 15) is 13.6 Å². The van der Waals surface area contributed by atoms with Crippen molar-refractivity contribution in [2.45, 2.75) is 0 Å². The molecule has 0 fully saturated rings. The first-order valence-electron chi connectivity index (χ1n) is 5.13. The fourth-order valence-electron chi connectivity index (χ4n) is 1.31. The summed E-state index contributed by atoms with van der Waals surface area (Å²) in [5, 5.41) is 2.23. The summed E-state index contributed by atoms with van der Waals surface area (Å²) in [5.74, 6) is -1.40. The van der Waals surface area contributed by atoms with Crippen LogP contribution in [0.15, 0.2) is 47.1 Å². The van der Waals surface area contributed by atoms with Crippen molar-refractivity contribution in [3.63, 3.8) is 0 Å². The maximum absolute atomic E-state index is 13.2. The summed E-state index contributed by atoms with van der Waals surface area (Å²) in [6.45, 7) is 0. The van der Waals surface area contributed by atoms with Crippen molar-refractivity contribution in [1.29, 1.82) is 0 Å². The van der Waals surface area contributed by atoms with Crippen molar-refractivity contribution in [3.05, 3.63) is 60.1 Å². The highest BCUT2D eigenvalue weighted by Gasteiger charge is 2.05. The Morgan fingerprint density at radius 2 is 2.11 bits per heavy atom. The van der Waals surface area contributed by atoms with Crippen molar-refractivity contribution < 1.29 is 18.0 Å². The van der Waals surface area contributed by atoms with Crippen LogP contribution in [0.1, 0.15) is 5.76 Å². The van der Waals surface area contributed by atoms with E-state index >= 15 is 0 Å². The normalized spacial score (nSPS) is 10.8. The van der Waals surface area contributed by atoms with E-state index in [1.54, 1.807) is 12.1 Å². The molecule has 0 bridgehead atoms. The number of amides is 1. The Balaban J connectivity index is 2.05. The first-order valence-corrected chi connectivity index (χ1v) is 5.13. The maximum atomic E-state index is 13.2. The van der Waals surface area contributed by atoms with Crippen LogP contribution >= 0.6 is 0 Å². The SMILES string of the molecule is O=C(/C=C/c1ccco1)Nc1cc(F)ccc1F. The van der Waals surface area contributed by atoms with E-state index in [2.05, 4.69) is 5.32 Å². The molecule has 2 aromatic rings. The zero-order valence-electron chi connectivity index (χ0n) is 9.19. The number of benzene rings is 1. The van der Waals surface area contributed by atoms with Crippen molar-refractivity contribution in [2.75, 3.05) is 5.32 Å². The monoisotopic (exact) mass is 249 g/mol. The highest BCUT2D eigenvalue weighted by atomic mass is 19.1. The number of hydrogen-bond acceptors (Lipinski definition) is 2. The molecule has 0 radical (unpaired) electrons. The van der Waals surface area contributed by atoms with Crippen molar-refractivity contribution in [3.8, 4) is 0 Å². The second-order valence-electron chi connectivity index (χ2n) is 3.46. The van der Waals surface area contributed by atoms with Gasteiger partial charge >= 0.3 is 0 Å². The van der Waals surface area contributed by atoms with E-state index in [0.717, 1.165) is 18.2 Å². The van der Waals surface area contributed by atoms with Gasteiger partial charge in [-0.2, -0.15) is 0 Å². The van der Waals surface area contributed by atoms with Crippen LogP contribution in [0.5, 0.6) is 0 Å². The molecule has 2 rings (SSSR count). The summed E-state index contributed by atoms with van der Waals surface area (Å²) >= 11 is 0. The molecule has 1 aromatic heterocycles. The molecule has 18 heavy (non-hydrogen) atoms. The van der Waals surface area contributed by atoms with E-state index in [-0.39, 0.29) is 5.69 Å². The van der Waals surface area contributed by atoms with Gasteiger partial charge in [-0.15, -0.1) is 0 Å². The summed E-state index contributed by atoms with van der Waals surface area (Å²) in [4.78, 5) is 11.4. The Labute approximate surface area is 102 Å². The minimum atomic E-state index is -0.698. The first kappa shape index (κ1) is 12.0. The van der Waals surface area contributed by atoms with Gasteiger partial charge < -0.3 is 9.73 Å². The van der Waals surface area contributed by atoms with Crippen LogP contribution in [0.25, 0.3) is 6.08 Å². The summed E-state index contributed by atoms with van der Waals surface area (Å²) in [6.07, 6.45) is 4.06. The van der Waals surface area contributed by atoms with Crippen LogP contribution in [0.2, 0.25) is 0 Å². The van der Waals surface area contributed by atoms with Gasteiger partial charge in [-0.05, 0) is 30.3 Å². The minimum Gasteiger partial charge on any atom is -0.465 e. The lowest BCUT2D eigenvalue weighted by Crippen LogP contribution is -2.09. The van der Waals surface area contributed by atoms with Crippen LogP contribution in [-0.2, 0) is 4.79 Å². The van der Waals surface area contributed by atoms with Gasteiger partial charge in [0.05, 0.1) is 12.0 Å².